The SMILES string of the molecule is Cc1cc2c3c(c1)N(c1ccc(C(C)(C)C)cc1-c1ccccc1)c1cc4c(cc1B3c1ccc(N(c3ccc(C(C)(C)C)cc3)c3ccc(C(C)(C)C)cc3)cc1N2c1ccc(C(C)(C)C)cc1)C(C)(C)c1ccccc1C4(C)C. The van der Waals surface area contributed by atoms with E-state index in [4.69, 9.17) is 0 Å². The van der Waals surface area contributed by atoms with Gasteiger partial charge in [0.2, 0.25) is 0 Å². The summed E-state index contributed by atoms with van der Waals surface area (Å²) in [6.45, 7) is 39.7. The third-order valence-electron chi connectivity index (χ3n) is 18.4. The number of aryl methyl sites for hydroxylation is 1. The summed E-state index contributed by atoms with van der Waals surface area (Å²) in [7, 11) is 0. The highest BCUT2D eigenvalue weighted by molar-refractivity contribution is 7.00. The molecule has 0 N–H and O–H groups in total. The molecule has 81 heavy (non-hydrogen) atoms. The van der Waals surface area contributed by atoms with E-state index in [-0.39, 0.29) is 39.2 Å². The molecule has 2 aliphatic heterocycles. The van der Waals surface area contributed by atoms with Crippen molar-refractivity contribution in [3.8, 4) is 11.1 Å². The van der Waals surface area contributed by atoms with Gasteiger partial charge in [0.25, 0.3) is 6.71 Å². The van der Waals surface area contributed by atoms with Crippen molar-refractivity contribution >= 4 is 74.3 Å². The van der Waals surface area contributed by atoms with Gasteiger partial charge in [-0.15, -0.1) is 0 Å². The van der Waals surface area contributed by atoms with Gasteiger partial charge in [0.1, 0.15) is 0 Å². The van der Waals surface area contributed by atoms with Crippen LogP contribution in [0.15, 0.2) is 188 Å². The van der Waals surface area contributed by atoms with Crippen LogP contribution in [0.3, 0.4) is 0 Å². The van der Waals surface area contributed by atoms with Gasteiger partial charge in [0.05, 0.1) is 5.69 Å². The highest BCUT2D eigenvalue weighted by Crippen LogP contribution is 2.54. The highest BCUT2D eigenvalue weighted by Gasteiger charge is 2.48. The van der Waals surface area contributed by atoms with Crippen LogP contribution in [0.4, 0.5) is 51.2 Å². The molecule has 408 valence electrons. The maximum atomic E-state index is 2.67. The predicted octanol–water partition coefficient (Wildman–Crippen LogP) is 19.4. The first-order valence-corrected chi connectivity index (χ1v) is 29.6. The van der Waals surface area contributed by atoms with Crippen molar-refractivity contribution in [1.29, 1.82) is 0 Å². The molecule has 9 aromatic carbocycles. The molecule has 0 radical (unpaired) electrons. The molecule has 0 spiro atoms. The van der Waals surface area contributed by atoms with Crippen LogP contribution in [0.5, 0.6) is 0 Å². The third kappa shape index (κ3) is 9.04. The summed E-state index contributed by atoms with van der Waals surface area (Å²) in [6, 6.07) is 73.2. The van der Waals surface area contributed by atoms with E-state index >= 15 is 0 Å². The van der Waals surface area contributed by atoms with Crippen LogP contribution >= 0.6 is 0 Å². The van der Waals surface area contributed by atoms with Gasteiger partial charge in [-0.1, -0.05) is 220 Å². The highest BCUT2D eigenvalue weighted by atomic mass is 15.2. The Kier molecular flexibility index (Phi) is 12.5. The average molecular weight is 1060 g/mol. The number of nitrogens with zero attached hydrogens (tertiary/aromatic N) is 3. The summed E-state index contributed by atoms with van der Waals surface area (Å²) in [5.41, 5.74) is 28.5. The summed E-state index contributed by atoms with van der Waals surface area (Å²) < 4.78 is 0. The van der Waals surface area contributed by atoms with E-state index in [0.717, 1.165) is 22.7 Å². The van der Waals surface area contributed by atoms with Crippen LogP contribution in [0.1, 0.15) is 161 Å². The molecule has 3 nitrogen and oxygen atoms in total. The zero-order valence-electron chi connectivity index (χ0n) is 51.3. The molecule has 0 saturated carbocycles. The number of fused-ring (bicyclic) bond motifs is 6. The Morgan fingerprint density at radius 1 is 0.358 bits per heavy atom. The van der Waals surface area contributed by atoms with Crippen molar-refractivity contribution in [3.05, 3.63) is 238 Å². The molecule has 9 aromatic rings. The molecule has 0 bridgehead atoms. The molecule has 0 unspecified atom stereocenters. The van der Waals surface area contributed by atoms with Crippen molar-refractivity contribution in [3.63, 3.8) is 0 Å². The minimum atomic E-state index is -0.256. The quantitative estimate of drug-likeness (QED) is 0.154. The number of hydrogen-bond donors (Lipinski definition) is 0. The van der Waals surface area contributed by atoms with Crippen LogP contribution in [0.2, 0.25) is 0 Å². The first-order valence-electron chi connectivity index (χ1n) is 29.6. The minimum absolute atomic E-state index is 0.00408. The van der Waals surface area contributed by atoms with Crippen molar-refractivity contribution in [2.45, 2.75) is 150 Å². The van der Waals surface area contributed by atoms with E-state index in [1.165, 1.54) is 106 Å². The Hall–Kier alpha value is -7.56. The minimum Gasteiger partial charge on any atom is -0.311 e. The summed E-state index contributed by atoms with van der Waals surface area (Å²) in [5, 5.41) is 0. The summed E-state index contributed by atoms with van der Waals surface area (Å²) in [5.74, 6) is 0. The largest absolute Gasteiger partial charge is 0.311 e. The molecule has 1 aliphatic carbocycles. The average Bonchev–Trinajstić information content (AvgIpc) is 1.34. The Balaban J connectivity index is 1.18. The lowest BCUT2D eigenvalue weighted by Crippen LogP contribution is -2.62. The van der Waals surface area contributed by atoms with E-state index in [9.17, 15) is 0 Å². The van der Waals surface area contributed by atoms with E-state index in [0.29, 0.717) is 0 Å². The van der Waals surface area contributed by atoms with E-state index in [1.807, 2.05) is 0 Å². The van der Waals surface area contributed by atoms with E-state index in [2.05, 4.69) is 320 Å². The molecule has 12 rings (SSSR count). The summed E-state index contributed by atoms with van der Waals surface area (Å²) >= 11 is 0. The predicted molar refractivity (Wildman–Crippen MR) is 351 cm³/mol. The summed E-state index contributed by atoms with van der Waals surface area (Å²) in [4.78, 5) is 7.74. The Morgan fingerprint density at radius 3 is 1.32 bits per heavy atom. The first kappa shape index (κ1) is 54.1. The van der Waals surface area contributed by atoms with Crippen LogP contribution in [-0.4, -0.2) is 6.71 Å². The fraction of sp³-hybridized carbons (Fsp3) is 0.299. The molecule has 3 aliphatic rings. The maximum absolute atomic E-state index is 2.67. The number of anilines is 9. The second-order valence-corrected chi connectivity index (χ2v) is 28.9. The summed E-state index contributed by atoms with van der Waals surface area (Å²) in [6.07, 6.45) is 0. The van der Waals surface area contributed by atoms with Gasteiger partial charge in [-0.3, -0.25) is 0 Å². The molecule has 0 fully saturated rings. The molecule has 4 heteroatoms. The fourth-order valence-electron chi connectivity index (χ4n) is 13.6. The van der Waals surface area contributed by atoms with Gasteiger partial charge in [-0.05, 0) is 179 Å². The van der Waals surface area contributed by atoms with Gasteiger partial charge >= 0.3 is 0 Å². The lowest BCUT2D eigenvalue weighted by atomic mass is 9.33. The molecule has 0 saturated heterocycles. The topological polar surface area (TPSA) is 9.72 Å². The molecular weight excluding hydrogens is 978 g/mol. The zero-order chi connectivity index (χ0) is 57.5. The fourth-order valence-corrected chi connectivity index (χ4v) is 13.6. The van der Waals surface area contributed by atoms with E-state index in [1.54, 1.807) is 0 Å². The number of rotatable bonds is 6. The molecular formula is C77H82BN3. The first-order chi connectivity index (χ1) is 38.1. The lowest BCUT2D eigenvalue weighted by Gasteiger charge is -2.48. The second-order valence-electron chi connectivity index (χ2n) is 28.9. The van der Waals surface area contributed by atoms with Gasteiger partial charge in [0.15, 0.2) is 0 Å². The van der Waals surface area contributed by atoms with Gasteiger partial charge in [-0.25, -0.2) is 0 Å². The molecule has 2 heterocycles. The maximum Gasteiger partial charge on any atom is 0.252 e. The number of hydrogen-bond acceptors (Lipinski definition) is 3. The van der Waals surface area contributed by atoms with Crippen molar-refractivity contribution in [2.24, 2.45) is 0 Å². The Bertz CT molecular complexity index is 3850. The van der Waals surface area contributed by atoms with Crippen LogP contribution in [0.25, 0.3) is 11.1 Å². The third-order valence-corrected chi connectivity index (χ3v) is 18.4. The molecule has 0 aromatic heterocycles. The van der Waals surface area contributed by atoms with Crippen LogP contribution < -0.4 is 31.1 Å². The van der Waals surface area contributed by atoms with Gasteiger partial charge in [-0.2, -0.15) is 0 Å². The van der Waals surface area contributed by atoms with Crippen molar-refractivity contribution in [1.82, 2.24) is 0 Å². The van der Waals surface area contributed by atoms with Gasteiger partial charge in [0, 0.05) is 61.9 Å². The number of benzene rings is 9. The lowest BCUT2D eigenvalue weighted by molar-refractivity contribution is 0.521. The Morgan fingerprint density at radius 2 is 0.802 bits per heavy atom. The zero-order valence-corrected chi connectivity index (χ0v) is 51.3. The smallest absolute Gasteiger partial charge is 0.252 e. The second kappa shape index (κ2) is 18.7. The van der Waals surface area contributed by atoms with Crippen LogP contribution in [-0.2, 0) is 32.5 Å². The molecule has 0 amide bonds. The van der Waals surface area contributed by atoms with Crippen molar-refractivity contribution in [2.75, 3.05) is 14.7 Å². The monoisotopic (exact) mass is 1060 g/mol. The normalized spacial score (nSPS) is 15.1. The van der Waals surface area contributed by atoms with E-state index < -0.39 is 0 Å². The van der Waals surface area contributed by atoms with Gasteiger partial charge < -0.3 is 14.7 Å². The Labute approximate surface area is 485 Å². The van der Waals surface area contributed by atoms with Crippen LogP contribution in [0, 0.1) is 6.92 Å². The standard InChI is InChI=1S/C77H82BN3/c1-49-43-69-71-70(44-49)81(66-42-33-54(75(11,12)13)45-59(66)50-23-19-18-20-24-50)68-48-63-62(76(14,15)60-25-21-22-26-61(60)77(63,16)17)47-65(68)78(71)64-41-40-58(46-67(64)80(69)57-38-31-53(32-39-57)74(8,9)10)79(55-34-27-51(28-35-55)72(2,3)4)56-36-29-52(30-37-56)73(5,6)7/h18-48H,1-17H3. The van der Waals surface area contributed by atoms with Crippen molar-refractivity contribution < 1.29 is 0 Å². The molecule has 0 atom stereocenters.